The number of ether oxygens (including phenoxy) is 1. The van der Waals surface area contributed by atoms with Crippen molar-refractivity contribution < 1.29 is 18.3 Å². The minimum absolute atomic E-state index is 0.275. The minimum Gasteiger partial charge on any atom is -0.481 e. The fraction of sp³-hybridized carbons (Fsp3) is 0.211. The van der Waals surface area contributed by atoms with Gasteiger partial charge in [-0.15, -0.1) is 10.2 Å². The molecule has 3 rings (SSSR count). The summed E-state index contributed by atoms with van der Waals surface area (Å²) in [5, 5.41) is 11.1. The molecule has 1 atom stereocenters. The van der Waals surface area contributed by atoms with Crippen LogP contribution in [0.3, 0.4) is 0 Å². The molecule has 1 aromatic heterocycles. The number of hydrogen-bond acceptors (Lipinski definition) is 6. The second kappa shape index (κ2) is 9.61. The predicted molar refractivity (Wildman–Crippen MR) is 106 cm³/mol. The molecule has 9 heteroatoms. The zero-order valence-electron chi connectivity index (χ0n) is 14.9. The molecule has 0 radical (unpaired) electrons. The van der Waals surface area contributed by atoms with Crippen LogP contribution in [-0.2, 0) is 10.5 Å². The van der Waals surface area contributed by atoms with Crippen molar-refractivity contribution in [2.75, 3.05) is 5.32 Å². The van der Waals surface area contributed by atoms with Gasteiger partial charge < -0.3 is 4.74 Å². The van der Waals surface area contributed by atoms with E-state index in [0.29, 0.717) is 27.4 Å². The molecule has 1 amide bonds. The molecular weight excluding hydrogens is 404 g/mol. The van der Waals surface area contributed by atoms with Gasteiger partial charge in [-0.1, -0.05) is 42.2 Å². The van der Waals surface area contributed by atoms with Gasteiger partial charge in [0.05, 0.1) is 0 Å². The minimum atomic E-state index is -0.732. The second-order valence-corrected chi connectivity index (χ2v) is 7.95. The van der Waals surface area contributed by atoms with Crippen molar-refractivity contribution in [3.63, 3.8) is 0 Å². The number of halogens is 2. The summed E-state index contributed by atoms with van der Waals surface area (Å²) in [6, 6.07) is 11.7. The lowest BCUT2D eigenvalue weighted by atomic mass is 10.2. The Hall–Kier alpha value is -2.52. The molecule has 2 aromatic carbocycles. The Bertz CT molecular complexity index is 918. The molecule has 0 bridgehead atoms. The van der Waals surface area contributed by atoms with Crippen LogP contribution in [0.1, 0.15) is 18.9 Å². The average Bonchev–Trinajstić information content (AvgIpc) is 3.14. The third-order valence-corrected chi connectivity index (χ3v) is 5.71. The largest absolute Gasteiger partial charge is 0.481 e. The summed E-state index contributed by atoms with van der Waals surface area (Å²) >= 11 is 2.70. The first-order valence-electron chi connectivity index (χ1n) is 8.47. The number of benzene rings is 2. The summed E-state index contributed by atoms with van der Waals surface area (Å²) in [5.74, 6) is 0.0374. The third-order valence-electron chi connectivity index (χ3n) is 3.67. The predicted octanol–water partition coefficient (Wildman–Crippen LogP) is 4.90. The summed E-state index contributed by atoms with van der Waals surface area (Å²) in [7, 11) is 0. The van der Waals surface area contributed by atoms with Crippen LogP contribution in [-0.4, -0.2) is 22.2 Å². The quantitative estimate of drug-likeness (QED) is 0.414. The van der Waals surface area contributed by atoms with Crippen LogP contribution < -0.4 is 10.1 Å². The van der Waals surface area contributed by atoms with Crippen molar-refractivity contribution in [1.29, 1.82) is 0 Å². The molecule has 3 aromatic rings. The van der Waals surface area contributed by atoms with Crippen LogP contribution in [0, 0.1) is 11.6 Å². The lowest BCUT2D eigenvalue weighted by Gasteiger charge is -2.16. The van der Waals surface area contributed by atoms with E-state index < -0.39 is 6.10 Å². The van der Waals surface area contributed by atoms with Gasteiger partial charge in [0.25, 0.3) is 5.91 Å². The standard InChI is InChI=1S/C19H17F2N3O2S2/c1-2-16(26-15-9-7-14(21)8-10-15)17(25)22-18-23-24-19(28-18)27-11-12-3-5-13(20)6-4-12/h3-10,16H,2,11H2,1H3,(H,22,23,25). The van der Waals surface area contributed by atoms with E-state index in [1.807, 2.05) is 6.92 Å². The van der Waals surface area contributed by atoms with Crippen LogP contribution in [0.15, 0.2) is 52.9 Å². The zero-order chi connectivity index (χ0) is 19.9. The van der Waals surface area contributed by atoms with Gasteiger partial charge in [0.1, 0.15) is 17.4 Å². The van der Waals surface area contributed by atoms with E-state index in [4.69, 9.17) is 4.74 Å². The van der Waals surface area contributed by atoms with Crippen molar-refractivity contribution in [3.05, 3.63) is 65.7 Å². The van der Waals surface area contributed by atoms with Crippen LogP contribution in [0.25, 0.3) is 0 Å². The number of aromatic nitrogens is 2. The first kappa shape index (κ1) is 20.2. The van der Waals surface area contributed by atoms with Crippen molar-refractivity contribution in [3.8, 4) is 5.75 Å². The molecule has 1 unspecified atom stereocenters. The fourth-order valence-corrected chi connectivity index (χ4v) is 3.94. The summed E-state index contributed by atoms with van der Waals surface area (Å²) in [6.07, 6.45) is -0.293. The number of nitrogens with one attached hydrogen (secondary N) is 1. The lowest BCUT2D eigenvalue weighted by Crippen LogP contribution is -2.32. The highest BCUT2D eigenvalue weighted by Gasteiger charge is 2.20. The van der Waals surface area contributed by atoms with Crippen LogP contribution in [0.4, 0.5) is 13.9 Å². The fourth-order valence-electron chi connectivity index (χ4n) is 2.23. The number of anilines is 1. The van der Waals surface area contributed by atoms with E-state index in [9.17, 15) is 13.6 Å². The van der Waals surface area contributed by atoms with E-state index >= 15 is 0 Å². The second-order valence-electron chi connectivity index (χ2n) is 5.75. The van der Waals surface area contributed by atoms with Gasteiger partial charge in [0.2, 0.25) is 5.13 Å². The summed E-state index contributed by atoms with van der Waals surface area (Å²) in [4.78, 5) is 12.4. The number of thioether (sulfide) groups is 1. The number of amides is 1. The molecule has 1 heterocycles. The van der Waals surface area contributed by atoms with E-state index in [1.54, 1.807) is 12.1 Å². The van der Waals surface area contributed by atoms with E-state index in [-0.39, 0.29) is 17.5 Å². The van der Waals surface area contributed by atoms with Crippen LogP contribution in [0.2, 0.25) is 0 Å². The average molecular weight is 421 g/mol. The Morgan fingerprint density at radius 2 is 1.75 bits per heavy atom. The zero-order valence-corrected chi connectivity index (χ0v) is 16.5. The maximum Gasteiger partial charge on any atom is 0.267 e. The first-order chi connectivity index (χ1) is 13.5. The maximum atomic E-state index is 13.0. The van der Waals surface area contributed by atoms with Gasteiger partial charge in [-0.3, -0.25) is 10.1 Å². The molecule has 146 valence electrons. The number of carbonyl (C=O) groups is 1. The third kappa shape index (κ3) is 5.74. The van der Waals surface area contributed by atoms with E-state index in [2.05, 4.69) is 15.5 Å². The van der Waals surface area contributed by atoms with Gasteiger partial charge in [-0.25, -0.2) is 8.78 Å². The Morgan fingerprint density at radius 3 is 2.39 bits per heavy atom. The molecule has 28 heavy (non-hydrogen) atoms. The van der Waals surface area contributed by atoms with Gasteiger partial charge in [0.15, 0.2) is 10.4 Å². The molecule has 0 saturated carbocycles. The highest BCUT2D eigenvalue weighted by molar-refractivity contribution is 8.00. The van der Waals surface area contributed by atoms with Crippen molar-refractivity contribution in [2.24, 2.45) is 0 Å². The molecule has 0 aliphatic rings. The summed E-state index contributed by atoms with van der Waals surface area (Å²) in [6.45, 7) is 1.82. The highest BCUT2D eigenvalue weighted by atomic mass is 32.2. The van der Waals surface area contributed by atoms with E-state index in [1.165, 1.54) is 59.5 Å². The summed E-state index contributed by atoms with van der Waals surface area (Å²) < 4.78 is 32.2. The Balaban J connectivity index is 1.54. The monoisotopic (exact) mass is 421 g/mol. The number of carbonyl (C=O) groups excluding carboxylic acids is 1. The maximum absolute atomic E-state index is 13.0. The SMILES string of the molecule is CCC(Oc1ccc(F)cc1)C(=O)Nc1nnc(SCc2ccc(F)cc2)s1. The number of rotatable bonds is 8. The molecule has 0 fully saturated rings. The molecule has 0 aliphatic heterocycles. The molecule has 1 N–H and O–H groups in total. The van der Waals surface area contributed by atoms with Gasteiger partial charge in [-0.05, 0) is 48.4 Å². The first-order valence-corrected chi connectivity index (χ1v) is 10.3. The molecule has 0 aliphatic carbocycles. The van der Waals surface area contributed by atoms with Gasteiger partial charge in [-0.2, -0.15) is 0 Å². The topological polar surface area (TPSA) is 64.1 Å². The van der Waals surface area contributed by atoms with Gasteiger partial charge >= 0.3 is 0 Å². The Labute approximate surface area is 169 Å². The highest BCUT2D eigenvalue weighted by Crippen LogP contribution is 2.28. The normalized spacial score (nSPS) is 11.8. The van der Waals surface area contributed by atoms with Crippen LogP contribution in [0.5, 0.6) is 5.75 Å². The smallest absolute Gasteiger partial charge is 0.267 e. The summed E-state index contributed by atoms with van der Waals surface area (Å²) in [5.41, 5.74) is 0.964. The Morgan fingerprint density at radius 1 is 1.11 bits per heavy atom. The van der Waals surface area contributed by atoms with Crippen LogP contribution >= 0.6 is 23.1 Å². The van der Waals surface area contributed by atoms with Crippen molar-refractivity contribution in [1.82, 2.24) is 10.2 Å². The molecule has 0 spiro atoms. The molecule has 0 saturated heterocycles. The molecule has 5 nitrogen and oxygen atoms in total. The van der Waals surface area contributed by atoms with Crippen molar-refractivity contribution >= 4 is 34.1 Å². The number of hydrogen-bond donors (Lipinski definition) is 1. The van der Waals surface area contributed by atoms with E-state index in [0.717, 1.165) is 5.56 Å². The van der Waals surface area contributed by atoms with Crippen molar-refractivity contribution in [2.45, 2.75) is 29.5 Å². The van der Waals surface area contributed by atoms with Gasteiger partial charge in [0, 0.05) is 5.75 Å². The lowest BCUT2D eigenvalue weighted by molar-refractivity contribution is -0.122. The number of nitrogens with zero attached hydrogens (tertiary/aromatic N) is 2. The Kier molecular flexibility index (Phi) is 6.94. The molecular formula is C19H17F2N3O2S2.